The zero-order chi connectivity index (χ0) is 20.1. The predicted octanol–water partition coefficient (Wildman–Crippen LogP) is 3.95. The number of aromatic hydroxyl groups is 1. The molecular weight excluding hydrogens is 356 g/mol. The second kappa shape index (κ2) is 8.61. The van der Waals surface area contributed by atoms with Gasteiger partial charge in [0.15, 0.2) is 5.78 Å². The van der Waals surface area contributed by atoms with E-state index in [0.717, 1.165) is 24.1 Å². The largest absolute Gasteiger partial charge is 0.507 e. The van der Waals surface area contributed by atoms with E-state index in [1.54, 1.807) is 11.0 Å². The highest BCUT2D eigenvalue weighted by Crippen LogP contribution is 2.25. The summed E-state index contributed by atoms with van der Waals surface area (Å²) in [5.41, 5.74) is 2.11. The van der Waals surface area contributed by atoms with E-state index in [2.05, 4.69) is 0 Å². The molecule has 0 bridgehead atoms. The number of hydrogen-bond donors (Lipinski definition) is 1. The third-order valence-corrected chi connectivity index (χ3v) is 4.64. The number of carbonyl (C=O) groups is 2. The molecule has 0 radical (unpaired) electrons. The van der Waals surface area contributed by atoms with Crippen molar-refractivity contribution in [3.05, 3.63) is 59.7 Å². The van der Waals surface area contributed by atoms with Crippen LogP contribution in [-0.4, -0.2) is 49.1 Å². The monoisotopic (exact) mass is 380 g/mol. The van der Waals surface area contributed by atoms with Crippen LogP contribution in [0.5, 0.6) is 11.5 Å². The van der Waals surface area contributed by atoms with E-state index in [1.165, 1.54) is 24.3 Å². The number of allylic oxidation sites excluding steroid dienone is 1. The maximum atomic E-state index is 12.4. The highest BCUT2D eigenvalue weighted by molar-refractivity contribution is 6.08. The number of hydrogen-bond acceptors (Lipinski definition) is 5. The topological polar surface area (TPSA) is 70.1 Å². The Labute approximate surface area is 164 Å². The van der Waals surface area contributed by atoms with E-state index in [-0.39, 0.29) is 22.8 Å². The van der Waals surface area contributed by atoms with Crippen LogP contribution >= 0.6 is 0 Å². The first-order valence-electron chi connectivity index (χ1n) is 9.23. The van der Waals surface area contributed by atoms with Crippen molar-refractivity contribution >= 4 is 23.6 Å². The Hall–Kier alpha value is -3.28. The van der Waals surface area contributed by atoms with Gasteiger partial charge in [0, 0.05) is 38.9 Å². The highest BCUT2D eigenvalue weighted by atomic mass is 16.6. The molecule has 0 atom stereocenters. The molecule has 2 aromatic carbocycles. The Kier molecular flexibility index (Phi) is 5.99. The SMILES string of the molecule is CN(C)c1ccc(/C=C/C(=O)c2ccc(OC(=O)N3CCCC3)cc2O)cc1. The molecule has 2 aromatic rings. The normalized spacial score (nSPS) is 13.7. The van der Waals surface area contributed by atoms with Gasteiger partial charge >= 0.3 is 6.09 Å². The van der Waals surface area contributed by atoms with Gasteiger partial charge in [-0.05, 0) is 48.7 Å². The Bertz CT molecular complexity index is 882. The third kappa shape index (κ3) is 4.71. The summed E-state index contributed by atoms with van der Waals surface area (Å²) in [6.07, 6.45) is 4.62. The van der Waals surface area contributed by atoms with Crippen molar-refractivity contribution in [2.75, 3.05) is 32.1 Å². The smallest absolute Gasteiger partial charge is 0.415 e. The van der Waals surface area contributed by atoms with Gasteiger partial charge in [0.25, 0.3) is 0 Å². The number of phenolic OH excluding ortho intramolecular Hbond substituents is 1. The van der Waals surface area contributed by atoms with Crippen LogP contribution < -0.4 is 9.64 Å². The van der Waals surface area contributed by atoms with Gasteiger partial charge in [-0.3, -0.25) is 4.79 Å². The van der Waals surface area contributed by atoms with Crippen LogP contribution in [0.15, 0.2) is 48.5 Å². The Morgan fingerprint density at radius 2 is 1.75 bits per heavy atom. The molecule has 1 heterocycles. The van der Waals surface area contributed by atoms with Crippen molar-refractivity contribution in [1.82, 2.24) is 4.90 Å². The number of carbonyl (C=O) groups excluding carboxylic acids is 2. The van der Waals surface area contributed by atoms with Crippen molar-refractivity contribution in [2.45, 2.75) is 12.8 Å². The maximum Gasteiger partial charge on any atom is 0.415 e. The summed E-state index contributed by atoms with van der Waals surface area (Å²) < 4.78 is 5.27. The van der Waals surface area contributed by atoms with Gasteiger partial charge in [-0.25, -0.2) is 4.79 Å². The standard InChI is InChI=1S/C22H24N2O4/c1-23(2)17-8-5-16(6-9-17)7-12-20(25)19-11-10-18(15-21(19)26)28-22(27)24-13-3-4-14-24/h5-12,15,26H,3-4,13-14H2,1-2H3/b12-7+. The summed E-state index contributed by atoms with van der Waals surface area (Å²) in [5, 5.41) is 10.2. The first kappa shape index (κ1) is 19.5. The molecule has 28 heavy (non-hydrogen) atoms. The quantitative estimate of drug-likeness (QED) is 0.628. The van der Waals surface area contributed by atoms with Gasteiger partial charge in [0.2, 0.25) is 0 Å². The summed E-state index contributed by atoms with van der Waals surface area (Å²) >= 11 is 0. The fraction of sp³-hybridized carbons (Fsp3) is 0.273. The Morgan fingerprint density at radius 1 is 1.07 bits per heavy atom. The number of likely N-dealkylation sites (tertiary alicyclic amines) is 1. The molecule has 1 aliphatic rings. The van der Waals surface area contributed by atoms with E-state index in [1.807, 2.05) is 43.3 Å². The van der Waals surface area contributed by atoms with Gasteiger partial charge in [-0.1, -0.05) is 18.2 Å². The number of benzene rings is 2. The number of nitrogens with zero attached hydrogens (tertiary/aromatic N) is 2. The van der Waals surface area contributed by atoms with Gasteiger partial charge in [0.1, 0.15) is 11.5 Å². The maximum absolute atomic E-state index is 12.4. The number of phenols is 1. The van der Waals surface area contributed by atoms with Crippen LogP contribution in [-0.2, 0) is 0 Å². The first-order valence-corrected chi connectivity index (χ1v) is 9.23. The molecule has 1 aliphatic heterocycles. The van der Waals surface area contributed by atoms with Crippen molar-refractivity contribution in [3.8, 4) is 11.5 Å². The molecule has 3 rings (SSSR count). The first-order chi connectivity index (χ1) is 13.4. The lowest BCUT2D eigenvalue weighted by atomic mass is 10.1. The van der Waals surface area contributed by atoms with Crippen LogP contribution in [0.2, 0.25) is 0 Å². The highest BCUT2D eigenvalue weighted by Gasteiger charge is 2.20. The molecule has 6 nitrogen and oxygen atoms in total. The lowest BCUT2D eigenvalue weighted by molar-refractivity contribution is 0.104. The van der Waals surface area contributed by atoms with Crippen LogP contribution in [0.4, 0.5) is 10.5 Å². The minimum absolute atomic E-state index is 0.155. The molecule has 0 spiro atoms. The predicted molar refractivity (Wildman–Crippen MR) is 109 cm³/mol. The number of anilines is 1. The number of amides is 1. The number of rotatable bonds is 5. The lowest BCUT2D eigenvalue weighted by Crippen LogP contribution is -2.30. The second-order valence-electron chi connectivity index (χ2n) is 6.92. The minimum atomic E-state index is -0.433. The molecule has 0 aromatic heterocycles. The number of ketones is 1. The molecule has 146 valence electrons. The van der Waals surface area contributed by atoms with E-state index >= 15 is 0 Å². The van der Waals surface area contributed by atoms with Gasteiger partial charge in [-0.15, -0.1) is 0 Å². The molecule has 0 aliphatic carbocycles. The van der Waals surface area contributed by atoms with E-state index in [0.29, 0.717) is 13.1 Å². The molecule has 6 heteroatoms. The van der Waals surface area contributed by atoms with Gasteiger partial charge in [-0.2, -0.15) is 0 Å². The summed E-state index contributed by atoms with van der Waals surface area (Å²) in [7, 11) is 3.92. The molecule has 1 N–H and O–H groups in total. The summed E-state index contributed by atoms with van der Waals surface area (Å²) in [5.74, 6) is -0.329. The van der Waals surface area contributed by atoms with Crippen LogP contribution in [0.1, 0.15) is 28.8 Å². The van der Waals surface area contributed by atoms with E-state index in [9.17, 15) is 14.7 Å². The van der Waals surface area contributed by atoms with E-state index in [4.69, 9.17) is 4.74 Å². The zero-order valence-electron chi connectivity index (χ0n) is 16.1. The average Bonchev–Trinajstić information content (AvgIpc) is 3.21. The van der Waals surface area contributed by atoms with E-state index < -0.39 is 6.09 Å². The van der Waals surface area contributed by atoms with Gasteiger partial charge in [0.05, 0.1) is 5.56 Å². The molecule has 1 amide bonds. The van der Waals surface area contributed by atoms with Crippen LogP contribution in [0.25, 0.3) is 6.08 Å². The van der Waals surface area contributed by atoms with Crippen LogP contribution in [0, 0.1) is 0 Å². The molecule has 0 unspecified atom stereocenters. The summed E-state index contributed by atoms with van der Waals surface area (Å²) in [4.78, 5) is 28.0. The Balaban J connectivity index is 1.65. The molecule has 1 fully saturated rings. The molecule has 0 saturated carbocycles. The molecule has 1 saturated heterocycles. The molecular formula is C22H24N2O4. The fourth-order valence-corrected chi connectivity index (χ4v) is 2.99. The minimum Gasteiger partial charge on any atom is -0.507 e. The van der Waals surface area contributed by atoms with Crippen molar-refractivity contribution in [3.63, 3.8) is 0 Å². The van der Waals surface area contributed by atoms with Crippen molar-refractivity contribution in [2.24, 2.45) is 0 Å². The second-order valence-corrected chi connectivity index (χ2v) is 6.92. The lowest BCUT2D eigenvalue weighted by Gasteiger charge is -2.15. The summed E-state index contributed by atoms with van der Waals surface area (Å²) in [6, 6.07) is 12.0. The zero-order valence-corrected chi connectivity index (χ0v) is 16.1. The van der Waals surface area contributed by atoms with Crippen molar-refractivity contribution in [1.29, 1.82) is 0 Å². The average molecular weight is 380 g/mol. The number of ether oxygens (including phenoxy) is 1. The summed E-state index contributed by atoms with van der Waals surface area (Å²) in [6.45, 7) is 1.36. The third-order valence-electron chi connectivity index (χ3n) is 4.64. The van der Waals surface area contributed by atoms with Crippen LogP contribution in [0.3, 0.4) is 0 Å². The Morgan fingerprint density at radius 3 is 2.36 bits per heavy atom. The van der Waals surface area contributed by atoms with Crippen molar-refractivity contribution < 1.29 is 19.4 Å². The fourth-order valence-electron chi connectivity index (χ4n) is 2.99. The van der Waals surface area contributed by atoms with Gasteiger partial charge < -0.3 is 19.6 Å².